The molecule has 0 amide bonds. The average molecular weight is 1630 g/mol. The molecule has 662 valence electrons. The fourth-order valence-electron chi connectivity index (χ4n) is 21.6. The zero-order chi connectivity index (χ0) is 87.0. The van der Waals surface area contributed by atoms with Crippen molar-refractivity contribution < 1.29 is 81.0 Å². The summed E-state index contributed by atoms with van der Waals surface area (Å²) in [6.07, 6.45) is 9.06. The van der Waals surface area contributed by atoms with E-state index in [1.807, 2.05) is 13.8 Å². The molecule has 23 heteroatoms. The van der Waals surface area contributed by atoms with Crippen LogP contribution in [0.25, 0.3) is 0 Å². The molecule has 1 aromatic rings. The minimum absolute atomic E-state index is 0.0191. The van der Waals surface area contributed by atoms with Crippen molar-refractivity contribution >= 4 is 47.8 Å². The molecule has 23 nitrogen and oxygen atoms in total. The van der Waals surface area contributed by atoms with Gasteiger partial charge in [0.25, 0.3) is 0 Å². The first-order valence-electron chi connectivity index (χ1n) is 44.3. The summed E-state index contributed by atoms with van der Waals surface area (Å²) < 4.78 is 57.9. The van der Waals surface area contributed by atoms with Gasteiger partial charge in [0.1, 0.15) is 30.5 Å². The van der Waals surface area contributed by atoms with Gasteiger partial charge in [-0.2, -0.15) is 0 Å². The second kappa shape index (κ2) is 38.0. The van der Waals surface area contributed by atoms with Gasteiger partial charge >= 0.3 is 47.8 Å². The van der Waals surface area contributed by atoms with Crippen molar-refractivity contribution in [3.63, 3.8) is 0 Å². The molecule has 6 fully saturated rings. The molecule has 1 unspecified atom stereocenters. The van der Waals surface area contributed by atoms with Crippen molar-refractivity contribution in [1.82, 2.24) is 31.9 Å². The van der Waals surface area contributed by atoms with Crippen LogP contribution in [0.4, 0.5) is 0 Å². The molecule has 7 rings (SSSR count). The molecular weight excluding hydrogens is 1470 g/mol. The van der Waals surface area contributed by atoms with Gasteiger partial charge in [0.2, 0.25) is 0 Å². The number of benzene rings is 1. The Balaban J connectivity index is 1.20. The van der Waals surface area contributed by atoms with Crippen LogP contribution in [0.1, 0.15) is 391 Å². The van der Waals surface area contributed by atoms with Crippen LogP contribution in [-0.2, 0) is 66.6 Å². The predicted molar refractivity (Wildman–Crippen MR) is 453 cm³/mol. The highest BCUT2D eigenvalue weighted by Crippen LogP contribution is 2.45. The van der Waals surface area contributed by atoms with Gasteiger partial charge in [0.05, 0.1) is 54.6 Å². The lowest BCUT2D eigenvalue weighted by molar-refractivity contribution is -0.186. The minimum Gasteiger partial charge on any atom is -0.462 e. The van der Waals surface area contributed by atoms with Gasteiger partial charge in [0, 0.05) is 131 Å². The van der Waals surface area contributed by atoms with Crippen LogP contribution in [0.3, 0.4) is 0 Å². The van der Waals surface area contributed by atoms with Crippen LogP contribution in [-0.4, -0.2) is 177 Å². The molecule has 6 heterocycles. The van der Waals surface area contributed by atoms with Gasteiger partial charge in [-0.15, -0.1) is 0 Å². The fraction of sp³-hybridized carbons (Fsp3) is 0.849. The molecule has 0 bridgehead atoms. The Hall–Kier alpha value is -5.30. The quantitative estimate of drug-likeness (QED) is 0.0156. The van der Waals surface area contributed by atoms with E-state index in [1.54, 1.807) is 0 Å². The number of carbonyl (C=O) groups is 8. The van der Waals surface area contributed by atoms with Crippen molar-refractivity contribution in [3.05, 3.63) is 34.9 Å². The number of hydrogen-bond acceptors (Lipinski definition) is 23. The van der Waals surface area contributed by atoms with Crippen molar-refractivity contribution in [3.8, 4) is 0 Å². The highest BCUT2D eigenvalue weighted by molar-refractivity contribution is 6.02. The first kappa shape index (κ1) is 97.8. The fourth-order valence-corrected chi connectivity index (χ4v) is 21.6. The van der Waals surface area contributed by atoms with E-state index in [-0.39, 0.29) is 179 Å². The Bertz CT molecular complexity index is 3190. The molecule has 6 saturated heterocycles. The Labute approximate surface area is 698 Å². The number of carbonyl (C=O) groups excluding carboxylic acids is 8. The van der Waals surface area contributed by atoms with E-state index in [0.717, 1.165) is 19.3 Å². The predicted octanol–water partition coefficient (Wildman–Crippen LogP) is 16.6. The monoisotopic (exact) mass is 1630 g/mol. The summed E-state index contributed by atoms with van der Waals surface area (Å²) in [6, 6.07) is 3.86. The summed E-state index contributed by atoms with van der Waals surface area (Å²) in [6.45, 7) is 55.6. The maximum atomic E-state index is 15.3. The molecular formula is C93H158N6O17. The van der Waals surface area contributed by atoms with Crippen LogP contribution < -0.4 is 31.9 Å². The topological polar surface area (TPSA) is 292 Å². The van der Waals surface area contributed by atoms with E-state index < -0.39 is 82.4 Å². The average Bonchev–Trinajstić information content (AvgIpc) is 0.781. The number of piperidine rings is 6. The Kier molecular flexibility index (Phi) is 32.0. The third kappa shape index (κ3) is 28.7. The standard InChI is InChI=1S/C93H158N6O17/c1-28-31-37-91(61-111-65-49-79(4,5)94-80(6,7)50-65,74(103)112-66-51-81(8,9)95-82(10,11)52-66)38-34-43-108-71(100)62-46-63(72(101)109-44-35-41-92(39-32-29-2,75(104)113-67-53-83(12,13)96-84(14,15)54-67)76(105)114-68-55-85(16,17)97-86(18,19)56-68)48-64(47-62)73(102)110-45-36-42-93(40-33-30-3,77(106)115-69-57-87(20,21)98-88(22,23)58-69)78(107)116-70-59-89(24,25)99-90(26,27)60-70/h46-48,65-70,94-99H,28-45,49-61H2,1-27H3. The molecule has 0 aromatic heterocycles. The van der Waals surface area contributed by atoms with Crippen molar-refractivity contribution in [1.29, 1.82) is 0 Å². The molecule has 6 N–H and O–H groups in total. The Morgan fingerprint density at radius 2 is 0.474 bits per heavy atom. The zero-order valence-electron chi connectivity index (χ0n) is 77.1. The van der Waals surface area contributed by atoms with Gasteiger partial charge in [-0.05, 0) is 255 Å². The lowest BCUT2D eigenvalue weighted by Gasteiger charge is -2.47. The zero-order valence-corrected chi connectivity index (χ0v) is 77.1. The number of hydrogen-bond donors (Lipinski definition) is 6. The molecule has 1 atom stereocenters. The highest BCUT2D eigenvalue weighted by Gasteiger charge is 2.55. The summed E-state index contributed by atoms with van der Waals surface area (Å²) in [5.74, 6) is -5.78. The van der Waals surface area contributed by atoms with E-state index in [4.69, 9.17) is 42.6 Å². The number of unbranched alkanes of at least 4 members (excludes halogenated alkanes) is 3. The van der Waals surface area contributed by atoms with E-state index in [0.29, 0.717) is 103 Å². The van der Waals surface area contributed by atoms with Crippen LogP contribution in [0, 0.1) is 16.2 Å². The molecule has 1 aromatic carbocycles. The van der Waals surface area contributed by atoms with E-state index >= 15 is 24.0 Å². The molecule has 6 aliphatic rings. The maximum absolute atomic E-state index is 15.3. The number of esters is 8. The minimum atomic E-state index is -1.77. The van der Waals surface area contributed by atoms with Gasteiger partial charge in [-0.3, -0.25) is 24.0 Å². The summed E-state index contributed by atoms with van der Waals surface area (Å²) in [7, 11) is 0. The van der Waals surface area contributed by atoms with Crippen molar-refractivity contribution in [2.45, 2.75) is 463 Å². The lowest BCUT2D eigenvalue weighted by Crippen LogP contribution is -2.61. The van der Waals surface area contributed by atoms with Crippen molar-refractivity contribution in [2.24, 2.45) is 16.2 Å². The third-order valence-corrected chi connectivity index (χ3v) is 24.4. The van der Waals surface area contributed by atoms with Gasteiger partial charge in [-0.1, -0.05) is 59.3 Å². The molecule has 116 heavy (non-hydrogen) atoms. The van der Waals surface area contributed by atoms with Crippen LogP contribution in [0.5, 0.6) is 0 Å². The van der Waals surface area contributed by atoms with E-state index in [1.165, 1.54) is 18.2 Å². The molecule has 6 aliphatic heterocycles. The Morgan fingerprint density at radius 1 is 0.284 bits per heavy atom. The highest BCUT2D eigenvalue weighted by atomic mass is 16.6. The van der Waals surface area contributed by atoms with E-state index in [2.05, 4.69) is 205 Å². The smallest absolute Gasteiger partial charge is 0.338 e. The van der Waals surface area contributed by atoms with Crippen molar-refractivity contribution in [2.75, 3.05) is 26.4 Å². The second-order valence-corrected chi connectivity index (χ2v) is 44.1. The summed E-state index contributed by atoms with van der Waals surface area (Å²) in [5, 5.41) is 22.1. The van der Waals surface area contributed by atoms with Gasteiger partial charge in [-0.25, -0.2) is 14.4 Å². The lowest BCUT2D eigenvalue weighted by atomic mass is 9.77. The van der Waals surface area contributed by atoms with Crippen LogP contribution in [0.15, 0.2) is 18.2 Å². The molecule has 0 aliphatic carbocycles. The van der Waals surface area contributed by atoms with Gasteiger partial charge in [0.15, 0.2) is 10.8 Å². The van der Waals surface area contributed by atoms with Crippen LogP contribution >= 0.6 is 0 Å². The normalized spacial score (nSPS) is 23.5. The molecule has 0 saturated carbocycles. The SMILES string of the molecule is CCCCC(CCCOC(=O)c1cc(C(=O)OCCCC(CCCC)(C(=O)OC2CC(C)(C)NC(C)(C)C2)C(=O)OC2CC(C)(C)NC(C)(C)C2)cc(C(=O)OCCCC(CCCC)(C(=O)OC2CC(C)(C)NC(C)(C)C2)C(=O)OC2CC(C)(C)NC(C)(C)C2)c1)(COC1CC(C)(C)NC(C)(C)C1)C(=O)OC1CC(C)(C)NC(C)(C)C1. The second-order valence-electron chi connectivity index (χ2n) is 44.1. The maximum Gasteiger partial charge on any atom is 0.338 e. The molecule has 0 radical (unpaired) electrons. The number of ether oxygens (including phenoxy) is 9. The first-order chi connectivity index (χ1) is 53.2. The van der Waals surface area contributed by atoms with E-state index in [9.17, 15) is 14.4 Å². The number of nitrogens with one attached hydrogen (secondary N) is 6. The summed E-state index contributed by atoms with van der Waals surface area (Å²) in [4.78, 5) is 121. The first-order valence-corrected chi connectivity index (χ1v) is 44.3. The molecule has 0 spiro atoms. The van der Waals surface area contributed by atoms with Crippen LogP contribution in [0.2, 0.25) is 0 Å². The largest absolute Gasteiger partial charge is 0.462 e. The number of rotatable bonds is 37. The summed E-state index contributed by atoms with van der Waals surface area (Å²) in [5.41, 5.74) is -9.37. The third-order valence-electron chi connectivity index (χ3n) is 24.4. The Morgan fingerprint density at radius 3 is 0.707 bits per heavy atom. The summed E-state index contributed by atoms with van der Waals surface area (Å²) >= 11 is 0. The van der Waals surface area contributed by atoms with Gasteiger partial charge < -0.3 is 74.5 Å².